The summed E-state index contributed by atoms with van der Waals surface area (Å²) < 4.78 is 1.58. The number of carbonyl (C=O) groups excluding carboxylic acids is 2. The molecule has 9 nitrogen and oxygen atoms in total. The summed E-state index contributed by atoms with van der Waals surface area (Å²) in [5, 5.41) is 22.6. The number of nitriles is 1. The number of ketones is 1. The fraction of sp³-hybridized carbons (Fsp3) is 0.231. The third-order valence-corrected chi connectivity index (χ3v) is 10.5. The molecule has 6 rings (SSSR count). The van der Waals surface area contributed by atoms with E-state index in [0.717, 1.165) is 25.7 Å². The van der Waals surface area contributed by atoms with E-state index in [1.807, 2.05) is 43.3 Å². The maximum Gasteiger partial charge on any atom is 0.236 e. The van der Waals surface area contributed by atoms with Gasteiger partial charge in [0.15, 0.2) is 15.3 Å². The number of allylic oxidation sites excluding steroid dienone is 3. The summed E-state index contributed by atoms with van der Waals surface area (Å²) in [5.74, 6) is -0.241. The van der Waals surface area contributed by atoms with Crippen molar-refractivity contribution < 1.29 is 9.59 Å². The topological polar surface area (TPSA) is 138 Å². The quantitative estimate of drug-likeness (QED) is 0.276. The molecule has 0 saturated carbocycles. The van der Waals surface area contributed by atoms with Crippen LogP contribution < -0.4 is 16.0 Å². The van der Waals surface area contributed by atoms with E-state index < -0.39 is 5.92 Å². The van der Waals surface area contributed by atoms with Crippen molar-refractivity contribution in [3.8, 4) is 6.07 Å². The van der Waals surface area contributed by atoms with Crippen molar-refractivity contribution in [2.75, 3.05) is 16.0 Å². The molecular formula is C26H21N7O2S4. The van der Waals surface area contributed by atoms with Crippen LogP contribution in [0.15, 0.2) is 63.4 Å². The molecule has 1 aromatic carbocycles. The van der Waals surface area contributed by atoms with Crippen molar-refractivity contribution in [1.82, 2.24) is 15.2 Å². The maximum atomic E-state index is 13.2. The van der Waals surface area contributed by atoms with Gasteiger partial charge in [-0.15, -0.1) is 21.5 Å². The number of amides is 1. The molecule has 0 bridgehead atoms. The highest BCUT2D eigenvalue weighted by molar-refractivity contribution is 8.01. The van der Waals surface area contributed by atoms with Gasteiger partial charge in [0.1, 0.15) is 5.82 Å². The molecule has 2 aliphatic rings. The summed E-state index contributed by atoms with van der Waals surface area (Å²) in [6, 6.07) is 13.9. The van der Waals surface area contributed by atoms with Crippen LogP contribution in [0.2, 0.25) is 0 Å². The van der Waals surface area contributed by atoms with Gasteiger partial charge in [-0.05, 0) is 44.0 Å². The van der Waals surface area contributed by atoms with E-state index in [1.54, 1.807) is 16.2 Å². The molecule has 1 amide bonds. The summed E-state index contributed by atoms with van der Waals surface area (Å²) in [7, 11) is 0. The number of nitrogens with zero attached hydrogens (tertiary/aromatic N) is 5. The number of anilines is 2. The number of nitrogens with one attached hydrogen (secondary N) is 1. The Balaban J connectivity index is 1.24. The molecule has 0 spiro atoms. The maximum absolute atomic E-state index is 13.2. The number of hydrogen-bond donors (Lipinski definition) is 2. The molecule has 196 valence electrons. The van der Waals surface area contributed by atoms with Crippen molar-refractivity contribution in [1.29, 1.82) is 5.26 Å². The summed E-state index contributed by atoms with van der Waals surface area (Å²) in [5.41, 5.74) is 9.18. The minimum absolute atomic E-state index is 0.0307. The average molecular weight is 592 g/mol. The highest BCUT2D eigenvalue weighted by Crippen LogP contribution is 2.48. The number of rotatable bonds is 6. The lowest BCUT2D eigenvalue weighted by Gasteiger charge is -2.37. The van der Waals surface area contributed by atoms with E-state index >= 15 is 0 Å². The van der Waals surface area contributed by atoms with Crippen molar-refractivity contribution in [3.05, 3.63) is 68.8 Å². The first-order chi connectivity index (χ1) is 18.9. The van der Waals surface area contributed by atoms with Crippen molar-refractivity contribution in [2.24, 2.45) is 5.73 Å². The van der Waals surface area contributed by atoms with Gasteiger partial charge < -0.3 is 11.1 Å². The van der Waals surface area contributed by atoms with Gasteiger partial charge in [0.25, 0.3) is 0 Å². The monoisotopic (exact) mass is 591 g/mol. The number of fused-ring (bicyclic) bond motifs is 1. The van der Waals surface area contributed by atoms with Gasteiger partial charge >= 0.3 is 0 Å². The second kappa shape index (κ2) is 10.5. The van der Waals surface area contributed by atoms with Crippen molar-refractivity contribution in [2.45, 2.75) is 36.4 Å². The van der Waals surface area contributed by atoms with Crippen LogP contribution in [0, 0.1) is 18.3 Å². The smallest absolute Gasteiger partial charge is 0.236 e. The number of thioether (sulfide) groups is 1. The zero-order chi connectivity index (χ0) is 27.1. The Kier molecular flexibility index (Phi) is 6.94. The van der Waals surface area contributed by atoms with Gasteiger partial charge in [-0.3, -0.25) is 14.5 Å². The summed E-state index contributed by atoms with van der Waals surface area (Å²) in [4.78, 5) is 34.0. The predicted octanol–water partition coefficient (Wildman–Crippen LogP) is 5.55. The van der Waals surface area contributed by atoms with Crippen molar-refractivity contribution in [3.63, 3.8) is 0 Å². The number of carbonyl (C=O) groups is 2. The van der Waals surface area contributed by atoms with Crippen molar-refractivity contribution >= 4 is 77.9 Å². The molecule has 0 radical (unpaired) electrons. The van der Waals surface area contributed by atoms with E-state index in [1.165, 1.54) is 34.4 Å². The normalized spacial score (nSPS) is 17.5. The third kappa shape index (κ3) is 4.85. The lowest BCUT2D eigenvalue weighted by atomic mass is 9.78. The van der Waals surface area contributed by atoms with Crippen LogP contribution in [-0.2, 0) is 9.59 Å². The number of thiazole rings is 1. The molecule has 39 heavy (non-hydrogen) atoms. The highest BCUT2D eigenvalue weighted by Gasteiger charge is 2.41. The average Bonchev–Trinajstić information content (AvgIpc) is 3.66. The van der Waals surface area contributed by atoms with Crippen LogP contribution in [-0.4, -0.2) is 32.6 Å². The SMILES string of the molecule is Cc1ccc(C2C(C#N)=C(N)N(c3nnc(SCC(=O)Nc4nc5ccccc5s4)s3)C3=C2C(=O)CCC3)s1. The van der Waals surface area contributed by atoms with Crippen LogP contribution in [0.25, 0.3) is 10.2 Å². The van der Waals surface area contributed by atoms with Crippen LogP contribution in [0.3, 0.4) is 0 Å². The van der Waals surface area contributed by atoms with E-state index in [0.29, 0.717) is 45.0 Å². The van der Waals surface area contributed by atoms with Gasteiger partial charge in [0, 0.05) is 27.4 Å². The molecule has 1 unspecified atom stereocenters. The lowest BCUT2D eigenvalue weighted by molar-refractivity contribution is -0.116. The Morgan fingerprint density at radius 3 is 2.82 bits per heavy atom. The lowest BCUT2D eigenvalue weighted by Crippen LogP contribution is -2.38. The Bertz CT molecular complexity index is 1690. The van der Waals surface area contributed by atoms with Crippen LogP contribution in [0.5, 0.6) is 0 Å². The number of para-hydroxylation sites is 1. The van der Waals surface area contributed by atoms with Crippen LogP contribution in [0.4, 0.5) is 10.3 Å². The summed E-state index contributed by atoms with van der Waals surface area (Å²) >= 11 is 5.52. The Morgan fingerprint density at radius 2 is 2.05 bits per heavy atom. The van der Waals surface area contributed by atoms with E-state index in [2.05, 4.69) is 26.6 Å². The molecule has 1 aliphatic carbocycles. The fourth-order valence-corrected chi connectivity index (χ4v) is 8.32. The Labute approximate surface area is 240 Å². The molecule has 1 atom stereocenters. The second-order valence-corrected chi connectivity index (χ2v) is 13.5. The minimum Gasteiger partial charge on any atom is -0.384 e. The molecule has 4 aromatic rings. The first kappa shape index (κ1) is 25.7. The molecular weight excluding hydrogens is 571 g/mol. The number of benzene rings is 1. The van der Waals surface area contributed by atoms with Gasteiger partial charge in [-0.25, -0.2) is 4.98 Å². The largest absolute Gasteiger partial charge is 0.384 e. The highest BCUT2D eigenvalue weighted by atomic mass is 32.2. The zero-order valence-electron chi connectivity index (χ0n) is 20.6. The van der Waals surface area contributed by atoms with E-state index in [-0.39, 0.29) is 23.3 Å². The molecule has 3 N–H and O–H groups in total. The number of aryl methyl sites for hydroxylation is 1. The Morgan fingerprint density at radius 1 is 1.21 bits per heavy atom. The van der Waals surface area contributed by atoms with Gasteiger partial charge in [-0.1, -0.05) is 46.6 Å². The number of Topliss-reactive ketones (excluding diaryl/α,β-unsaturated/α-hetero) is 1. The molecule has 1 aliphatic heterocycles. The van der Waals surface area contributed by atoms with Gasteiger partial charge in [-0.2, -0.15) is 5.26 Å². The van der Waals surface area contributed by atoms with Crippen LogP contribution in [0.1, 0.15) is 34.9 Å². The molecule has 3 aromatic heterocycles. The number of aromatic nitrogens is 3. The number of nitrogens with two attached hydrogens (primary N) is 1. The van der Waals surface area contributed by atoms with Crippen LogP contribution >= 0.6 is 45.8 Å². The molecule has 13 heteroatoms. The van der Waals surface area contributed by atoms with E-state index in [9.17, 15) is 14.9 Å². The molecule has 0 fully saturated rings. The standard InChI is InChI=1S/C26H21N7O2S4/c1-13-9-10-19(37-13)21-14(11-27)23(28)33(16-6-4-7-17(34)22(16)21)25-31-32-26(39-25)36-12-20(35)30-24-29-15-5-2-3-8-18(15)38-24/h2-3,5,8-10,21H,4,6-7,12,28H2,1H3,(H,29,30,35). The molecule has 4 heterocycles. The number of thiophene rings is 1. The summed E-state index contributed by atoms with van der Waals surface area (Å²) in [6.45, 7) is 2.00. The summed E-state index contributed by atoms with van der Waals surface area (Å²) in [6.07, 6.45) is 1.78. The fourth-order valence-electron chi connectivity index (χ4n) is 4.76. The minimum atomic E-state index is -0.472. The molecule has 0 saturated heterocycles. The van der Waals surface area contributed by atoms with Gasteiger partial charge in [0.2, 0.25) is 11.0 Å². The van der Waals surface area contributed by atoms with Gasteiger partial charge in [0.05, 0.1) is 33.5 Å². The predicted molar refractivity (Wildman–Crippen MR) is 156 cm³/mol. The first-order valence-corrected chi connectivity index (χ1v) is 15.5. The van der Waals surface area contributed by atoms with E-state index in [4.69, 9.17) is 5.73 Å². The third-order valence-electron chi connectivity index (χ3n) is 6.41. The zero-order valence-corrected chi connectivity index (χ0v) is 23.9. The second-order valence-electron chi connectivity index (χ2n) is 8.94. The number of hydrogen-bond acceptors (Lipinski definition) is 12. The first-order valence-electron chi connectivity index (χ1n) is 12.1. The Hall–Kier alpha value is -3.57.